The van der Waals surface area contributed by atoms with Crippen molar-refractivity contribution in [2.24, 2.45) is 0 Å². The molecule has 0 bridgehead atoms. The number of nitrogens with two attached hydrogens (primary N) is 1. The van der Waals surface area contributed by atoms with Crippen molar-refractivity contribution < 1.29 is 4.74 Å². The molecule has 1 heterocycles. The first kappa shape index (κ1) is 14.8. The second kappa shape index (κ2) is 6.21. The maximum absolute atomic E-state index is 6.16. The number of hydrogen-bond donors (Lipinski definition) is 1. The van der Waals surface area contributed by atoms with Crippen LogP contribution >= 0.6 is 45.8 Å². The van der Waals surface area contributed by atoms with Crippen molar-refractivity contribution in [3.8, 4) is 11.4 Å². The minimum Gasteiger partial charge on any atom is -0.383 e. The summed E-state index contributed by atoms with van der Waals surface area (Å²) in [6.45, 7) is 0.357. The predicted molar refractivity (Wildman–Crippen MR) is 85.3 cm³/mol. The Morgan fingerprint density at radius 1 is 1.32 bits per heavy atom. The van der Waals surface area contributed by atoms with Crippen LogP contribution in [0, 0.1) is 3.57 Å². The van der Waals surface area contributed by atoms with Crippen LogP contribution in [0.2, 0.25) is 10.0 Å². The van der Waals surface area contributed by atoms with Gasteiger partial charge in [0.2, 0.25) is 0 Å². The van der Waals surface area contributed by atoms with Crippen LogP contribution in [0.3, 0.4) is 0 Å². The molecule has 0 aliphatic heterocycles. The number of nitrogen functional groups attached to an aromatic ring is 1. The summed E-state index contributed by atoms with van der Waals surface area (Å²) in [5.74, 6) is 0.839. The fourth-order valence-corrected chi connectivity index (χ4v) is 2.32. The molecule has 1 aromatic carbocycles. The Kier molecular flexibility index (Phi) is 4.83. The van der Waals surface area contributed by atoms with Gasteiger partial charge in [-0.15, -0.1) is 0 Å². The Balaban J connectivity index is 2.59. The lowest BCUT2D eigenvalue weighted by Gasteiger charge is -2.10. The van der Waals surface area contributed by atoms with Crippen LogP contribution in [0.4, 0.5) is 5.82 Å². The van der Waals surface area contributed by atoms with Crippen molar-refractivity contribution in [2.45, 2.75) is 6.61 Å². The van der Waals surface area contributed by atoms with Crippen molar-refractivity contribution >= 4 is 51.6 Å². The van der Waals surface area contributed by atoms with Gasteiger partial charge in [-0.2, -0.15) is 0 Å². The van der Waals surface area contributed by atoms with Gasteiger partial charge in [0.05, 0.1) is 25.9 Å². The number of rotatable bonds is 3. The summed E-state index contributed by atoms with van der Waals surface area (Å²) in [6.07, 6.45) is 0. The molecule has 1 aromatic heterocycles. The molecule has 2 aromatic rings. The highest BCUT2D eigenvalue weighted by atomic mass is 127. The van der Waals surface area contributed by atoms with E-state index >= 15 is 0 Å². The Hall–Kier alpha value is -0.630. The number of benzene rings is 1. The lowest BCUT2D eigenvalue weighted by Crippen LogP contribution is -2.06. The zero-order valence-corrected chi connectivity index (χ0v) is 13.6. The van der Waals surface area contributed by atoms with E-state index in [1.54, 1.807) is 25.3 Å². The molecule has 0 saturated heterocycles. The summed E-state index contributed by atoms with van der Waals surface area (Å²) >= 11 is 14.2. The fourth-order valence-electron chi connectivity index (χ4n) is 1.54. The van der Waals surface area contributed by atoms with Crippen molar-refractivity contribution in [3.63, 3.8) is 0 Å². The lowest BCUT2D eigenvalue weighted by molar-refractivity contribution is 0.181. The average molecular weight is 410 g/mol. The topological polar surface area (TPSA) is 61.0 Å². The molecular formula is C12H10Cl2IN3O. The first-order valence-corrected chi connectivity index (χ1v) is 7.13. The molecule has 4 nitrogen and oxygen atoms in total. The van der Waals surface area contributed by atoms with Gasteiger partial charge in [-0.25, -0.2) is 9.97 Å². The number of ether oxygens (including phenoxy) is 1. The molecule has 0 unspecified atom stereocenters. The summed E-state index contributed by atoms with van der Waals surface area (Å²) in [6, 6.07) is 5.29. The van der Waals surface area contributed by atoms with Crippen LogP contribution in [0.1, 0.15) is 5.69 Å². The van der Waals surface area contributed by atoms with E-state index in [1.165, 1.54) is 0 Å². The van der Waals surface area contributed by atoms with E-state index in [0.29, 0.717) is 33.9 Å². The summed E-state index contributed by atoms with van der Waals surface area (Å²) < 4.78 is 5.88. The Morgan fingerprint density at radius 3 is 2.74 bits per heavy atom. The summed E-state index contributed by atoms with van der Waals surface area (Å²) in [5, 5.41) is 0.862. The second-order valence-corrected chi connectivity index (χ2v) is 5.59. The molecule has 0 aliphatic rings. The van der Waals surface area contributed by atoms with E-state index in [0.717, 1.165) is 9.26 Å². The minimum absolute atomic E-state index is 0.357. The molecule has 0 aliphatic carbocycles. The predicted octanol–water partition coefficient (Wildman–Crippen LogP) is 3.78. The molecule has 0 spiro atoms. The number of methoxy groups -OCH3 is 1. The SMILES string of the molecule is COCc1nc(-c2cccc(Cl)c2Cl)nc(N)c1I. The van der Waals surface area contributed by atoms with Gasteiger partial charge in [0.1, 0.15) is 5.82 Å². The van der Waals surface area contributed by atoms with Gasteiger partial charge in [-0.05, 0) is 34.7 Å². The first-order valence-electron chi connectivity index (χ1n) is 5.29. The zero-order chi connectivity index (χ0) is 14.0. The van der Waals surface area contributed by atoms with Crippen LogP contribution < -0.4 is 5.73 Å². The van der Waals surface area contributed by atoms with E-state index in [2.05, 4.69) is 32.6 Å². The zero-order valence-electron chi connectivity index (χ0n) is 9.95. The Morgan fingerprint density at radius 2 is 2.05 bits per heavy atom. The molecule has 2 rings (SSSR count). The number of aromatic nitrogens is 2. The Labute approximate surface area is 134 Å². The average Bonchev–Trinajstić information content (AvgIpc) is 2.38. The Bertz CT molecular complexity index is 622. The van der Waals surface area contributed by atoms with Crippen molar-refractivity contribution in [1.29, 1.82) is 0 Å². The molecule has 0 radical (unpaired) electrons. The standard InChI is InChI=1S/C12H10Cl2IN3O/c1-19-5-8-10(15)11(16)18-12(17-8)6-3-2-4-7(13)9(6)14/h2-4H,5H2,1H3,(H2,16,17,18). The van der Waals surface area contributed by atoms with Crippen LogP contribution in [0.5, 0.6) is 0 Å². The highest BCUT2D eigenvalue weighted by Gasteiger charge is 2.14. The first-order chi connectivity index (χ1) is 9.04. The fraction of sp³-hybridized carbons (Fsp3) is 0.167. The van der Waals surface area contributed by atoms with E-state index in [-0.39, 0.29) is 0 Å². The molecule has 0 atom stereocenters. The highest BCUT2D eigenvalue weighted by molar-refractivity contribution is 14.1. The van der Waals surface area contributed by atoms with Gasteiger partial charge in [0.25, 0.3) is 0 Å². The van der Waals surface area contributed by atoms with Gasteiger partial charge < -0.3 is 10.5 Å². The third-order valence-corrected chi connectivity index (χ3v) is 4.41. The van der Waals surface area contributed by atoms with Gasteiger partial charge in [0.15, 0.2) is 5.82 Å². The lowest BCUT2D eigenvalue weighted by atomic mass is 10.2. The van der Waals surface area contributed by atoms with E-state index in [4.69, 9.17) is 33.7 Å². The quantitative estimate of drug-likeness (QED) is 0.783. The van der Waals surface area contributed by atoms with Crippen LogP contribution in [0.15, 0.2) is 18.2 Å². The molecule has 7 heteroatoms. The summed E-state index contributed by atoms with van der Waals surface area (Å²) in [5.41, 5.74) is 7.26. The minimum atomic E-state index is 0.357. The summed E-state index contributed by atoms with van der Waals surface area (Å²) in [4.78, 5) is 8.68. The van der Waals surface area contributed by atoms with Crippen LogP contribution in [-0.4, -0.2) is 17.1 Å². The summed E-state index contributed by atoms with van der Waals surface area (Å²) in [7, 11) is 1.60. The van der Waals surface area contributed by atoms with Crippen molar-refractivity contribution in [2.75, 3.05) is 12.8 Å². The molecular weight excluding hydrogens is 400 g/mol. The monoisotopic (exact) mass is 409 g/mol. The largest absolute Gasteiger partial charge is 0.383 e. The van der Waals surface area contributed by atoms with Gasteiger partial charge >= 0.3 is 0 Å². The van der Waals surface area contributed by atoms with E-state index < -0.39 is 0 Å². The third kappa shape index (κ3) is 3.10. The molecule has 19 heavy (non-hydrogen) atoms. The molecule has 2 N–H and O–H groups in total. The van der Waals surface area contributed by atoms with Crippen LogP contribution in [0.25, 0.3) is 11.4 Å². The molecule has 0 saturated carbocycles. The van der Waals surface area contributed by atoms with Gasteiger partial charge in [-0.3, -0.25) is 0 Å². The molecule has 100 valence electrons. The van der Waals surface area contributed by atoms with E-state index in [9.17, 15) is 0 Å². The number of hydrogen-bond acceptors (Lipinski definition) is 4. The van der Waals surface area contributed by atoms with Gasteiger partial charge in [0, 0.05) is 12.7 Å². The van der Waals surface area contributed by atoms with Crippen LogP contribution in [-0.2, 0) is 11.3 Å². The maximum Gasteiger partial charge on any atom is 0.163 e. The van der Waals surface area contributed by atoms with Crippen molar-refractivity contribution in [1.82, 2.24) is 9.97 Å². The van der Waals surface area contributed by atoms with E-state index in [1.807, 2.05) is 0 Å². The third-order valence-electron chi connectivity index (χ3n) is 2.42. The number of anilines is 1. The number of halogens is 3. The highest BCUT2D eigenvalue weighted by Crippen LogP contribution is 2.32. The smallest absolute Gasteiger partial charge is 0.163 e. The van der Waals surface area contributed by atoms with Crippen molar-refractivity contribution in [3.05, 3.63) is 37.5 Å². The normalized spacial score (nSPS) is 10.7. The molecule has 0 fully saturated rings. The maximum atomic E-state index is 6.16. The second-order valence-electron chi connectivity index (χ2n) is 3.73. The van der Waals surface area contributed by atoms with Gasteiger partial charge in [-0.1, -0.05) is 29.3 Å². The molecule has 0 amide bonds. The number of nitrogens with zero attached hydrogens (tertiary/aromatic N) is 2.